The van der Waals surface area contributed by atoms with Gasteiger partial charge in [-0.2, -0.15) is 0 Å². The van der Waals surface area contributed by atoms with Gasteiger partial charge in [-0.3, -0.25) is 9.69 Å². The zero-order valence-electron chi connectivity index (χ0n) is 11.8. The van der Waals surface area contributed by atoms with Gasteiger partial charge in [-0.15, -0.1) is 0 Å². The molecule has 0 aliphatic carbocycles. The van der Waals surface area contributed by atoms with Gasteiger partial charge in [-0.1, -0.05) is 13.8 Å². The minimum absolute atomic E-state index is 0.0663. The van der Waals surface area contributed by atoms with Crippen molar-refractivity contribution in [2.45, 2.75) is 33.2 Å². The summed E-state index contributed by atoms with van der Waals surface area (Å²) >= 11 is 0. The molecule has 0 aliphatic rings. The van der Waals surface area contributed by atoms with Crippen molar-refractivity contribution >= 4 is 5.78 Å². The predicted octanol–water partition coefficient (Wildman–Crippen LogP) is 3.00. The summed E-state index contributed by atoms with van der Waals surface area (Å²) in [6, 6.07) is 7.25. The van der Waals surface area contributed by atoms with Crippen molar-refractivity contribution < 1.29 is 9.53 Å². The SMILES string of the molecule is CCCN(CC)C(C)C(=O)c1ccc(OC)cc1. The number of nitrogens with zero attached hydrogens (tertiary/aromatic N) is 1. The average molecular weight is 249 g/mol. The Bertz CT molecular complexity index is 373. The quantitative estimate of drug-likeness (QED) is 0.696. The van der Waals surface area contributed by atoms with E-state index in [0.29, 0.717) is 0 Å². The fraction of sp³-hybridized carbons (Fsp3) is 0.533. The smallest absolute Gasteiger partial charge is 0.179 e. The zero-order valence-corrected chi connectivity index (χ0v) is 11.8. The van der Waals surface area contributed by atoms with Crippen LogP contribution in [0, 0.1) is 0 Å². The summed E-state index contributed by atoms with van der Waals surface area (Å²) in [7, 11) is 1.62. The number of hydrogen-bond donors (Lipinski definition) is 0. The van der Waals surface area contributed by atoms with Crippen molar-refractivity contribution in [1.82, 2.24) is 4.90 Å². The van der Waals surface area contributed by atoms with Crippen LogP contribution in [-0.2, 0) is 0 Å². The highest BCUT2D eigenvalue weighted by Crippen LogP contribution is 2.14. The molecule has 0 saturated heterocycles. The van der Waals surface area contributed by atoms with Crippen molar-refractivity contribution in [2.24, 2.45) is 0 Å². The second-order valence-electron chi connectivity index (χ2n) is 4.40. The Hall–Kier alpha value is -1.35. The number of ether oxygens (including phenoxy) is 1. The van der Waals surface area contributed by atoms with E-state index in [1.807, 2.05) is 31.2 Å². The Morgan fingerprint density at radius 3 is 2.33 bits per heavy atom. The third kappa shape index (κ3) is 3.57. The molecule has 0 N–H and O–H groups in total. The minimum atomic E-state index is -0.0663. The average Bonchev–Trinajstić information content (AvgIpc) is 2.43. The first-order chi connectivity index (χ1) is 8.63. The molecule has 1 rings (SSSR count). The molecule has 1 unspecified atom stereocenters. The molecule has 1 atom stereocenters. The molecule has 0 aromatic heterocycles. The number of benzene rings is 1. The molecule has 0 spiro atoms. The highest BCUT2D eigenvalue weighted by molar-refractivity contribution is 5.99. The highest BCUT2D eigenvalue weighted by atomic mass is 16.5. The van der Waals surface area contributed by atoms with Crippen LogP contribution in [0.15, 0.2) is 24.3 Å². The second kappa shape index (κ2) is 7.17. The summed E-state index contributed by atoms with van der Waals surface area (Å²) in [6.07, 6.45) is 1.06. The lowest BCUT2D eigenvalue weighted by Gasteiger charge is -2.26. The van der Waals surface area contributed by atoms with Crippen LogP contribution in [0.4, 0.5) is 0 Å². The van der Waals surface area contributed by atoms with Crippen LogP contribution in [0.25, 0.3) is 0 Å². The summed E-state index contributed by atoms with van der Waals surface area (Å²) < 4.78 is 5.09. The topological polar surface area (TPSA) is 29.5 Å². The lowest BCUT2D eigenvalue weighted by atomic mass is 10.0. The number of rotatable bonds is 7. The Morgan fingerprint density at radius 1 is 1.28 bits per heavy atom. The number of carbonyl (C=O) groups excluding carboxylic acids is 1. The van der Waals surface area contributed by atoms with Gasteiger partial charge in [-0.25, -0.2) is 0 Å². The second-order valence-corrected chi connectivity index (χ2v) is 4.40. The third-order valence-electron chi connectivity index (χ3n) is 3.22. The molecule has 0 amide bonds. The van der Waals surface area contributed by atoms with Crippen LogP contribution < -0.4 is 4.74 Å². The van der Waals surface area contributed by atoms with Gasteiger partial charge in [0.2, 0.25) is 0 Å². The summed E-state index contributed by atoms with van der Waals surface area (Å²) in [5.74, 6) is 0.952. The first-order valence-corrected chi connectivity index (χ1v) is 6.56. The minimum Gasteiger partial charge on any atom is -0.497 e. The Morgan fingerprint density at radius 2 is 1.89 bits per heavy atom. The molecule has 18 heavy (non-hydrogen) atoms. The van der Waals surface area contributed by atoms with Gasteiger partial charge in [0.15, 0.2) is 5.78 Å². The molecule has 0 bridgehead atoms. The summed E-state index contributed by atoms with van der Waals surface area (Å²) in [5.41, 5.74) is 0.748. The van der Waals surface area contributed by atoms with Crippen molar-refractivity contribution in [2.75, 3.05) is 20.2 Å². The molecular weight excluding hydrogens is 226 g/mol. The largest absolute Gasteiger partial charge is 0.497 e. The fourth-order valence-corrected chi connectivity index (χ4v) is 2.08. The van der Waals surface area contributed by atoms with Crippen LogP contribution in [0.3, 0.4) is 0 Å². The first kappa shape index (κ1) is 14.7. The number of methoxy groups -OCH3 is 1. The molecule has 0 radical (unpaired) electrons. The summed E-state index contributed by atoms with van der Waals surface area (Å²) in [5, 5.41) is 0. The van der Waals surface area contributed by atoms with E-state index in [-0.39, 0.29) is 11.8 Å². The first-order valence-electron chi connectivity index (χ1n) is 6.56. The van der Waals surface area contributed by atoms with Gasteiger partial charge >= 0.3 is 0 Å². The predicted molar refractivity (Wildman–Crippen MR) is 74.3 cm³/mol. The van der Waals surface area contributed by atoms with Crippen molar-refractivity contribution in [3.05, 3.63) is 29.8 Å². The van der Waals surface area contributed by atoms with Crippen molar-refractivity contribution in [3.63, 3.8) is 0 Å². The Balaban J connectivity index is 2.78. The number of ketones is 1. The van der Waals surface area contributed by atoms with Gasteiger partial charge in [0.05, 0.1) is 13.2 Å². The van der Waals surface area contributed by atoms with E-state index in [1.54, 1.807) is 7.11 Å². The monoisotopic (exact) mass is 249 g/mol. The van der Waals surface area contributed by atoms with Gasteiger partial charge in [-0.05, 0) is 50.7 Å². The molecule has 0 aliphatic heterocycles. The molecule has 1 aromatic rings. The maximum absolute atomic E-state index is 12.3. The Labute approximate surface area is 110 Å². The highest BCUT2D eigenvalue weighted by Gasteiger charge is 2.20. The van der Waals surface area contributed by atoms with Crippen LogP contribution in [0.5, 0.6) is 5.75 Å². The molecule has 3 nitrogen and oxygen atoms in total. The molecule has 0 fully saturated rings. The zero-order chi connectivity index (χ0) is 13.5. The van der Waals surface area contributed by atoms with Crippen LogP contribution >= 0.6 is 0 Å². The molecule has 3 heteroatoms. The number of likely N-dealkylation sites (N-methyl/N-ethyl adjacent to an activating group) is 1. The van der Waals surface area contributed by atoms with Gasteiger partial charge < -0.3 is 4.74 Å². The van der Waals surface area contributed by atoms with Crippen molar-refractivity contribution in [3.8, 4) is 5.75 Å². The van der Waals surface area contributed by atoms with E-state index in [9.17, 15) is 4.79 Å². The standard InChI is InChI=1S/C15H23NO2/c1-5-11-16(6-2)12(3)15(17)13-7-9-14(18-4)10-8-13/h7-10,12H,5-6,11H2,1-4H3. The van der Waals surface area contributed by atoms with E-state index >= 15 is 0 Å². The lowest BCUT2D eigenvalue weighted by molar-refractivity contribution is 0.0845. The van der Waals surface area contributed by atoms with Crippen LogP contribution in [-0.4, -0.2) is 36.9 Å². The van der Waals surface area contributed by atoms with Gasteiger partial charge in [0.1, 0.15) is 5.75 Å². The molecule has 100 valence electrons. The summed E-state index contributed by atoms with van der Waals surface area (Å²) in [4.78, 5) is 14.5. The molecule has 1 aromatic carbocycles. The van der Waals surface area contributed by atoms with E-state index in [2.05, 4.69) is 18.7 Å². The normalized spacial score (nSPS) is 12.5. The van der Waals surface area contributed by atoms with Gasteiger partial charge in [0, 0.05) is 5.56 Å². The number of Topliss-reactive ketones (excluding diaryl/α,β-unsaturated/α-hetero) is 1. The van der Waals surface area contributed by atoms with Gasteiger partial charge in [0.25, 0.3) is 0 Å². The fourth-order valence-electron chi connectivity index (χ4n) is 2.08. The lowest BCUT2D eigenvalue weighted by Crippen LogP contribution is -2.39. The molecule has 0 saturated carbocycles. The van der Waals surface area contributed by atoms with Crippen molar-refractivity contribution in [1.29, 1.82) is 0 Å². The summed E-state index contributed by atoms with van der Waals surface area (Å²) in [6.45, 7) is 8.06. The van der Waals surface area contributed by atoms with E-state index in [0.717, 1.165) is 30.8 Å². The van der Waals surface area contributed by atoms with E-state index < -0.39 is 0 Å². The van der Waals surface area contributed by atoms with Crippen LogP contribution in [0.2, 0.25) is 0 Å². The molecular formula is C15H23NO2. The Kier molecular flexibility index (Phi) is 5.86. The number of carbonyl (C=O) groups is 1. The third-order valence-corrected chi connectivity index (χ3v) is 3.22. The van der Waals surface area contributed by atoms with E-state index in [4.69, 9.17) is 4.74 Å². The maximum Gasteiger partial charge on any atom is 0.179 e. The van der Waals surface area contributed by atoms with E-state index in [1.165, 1.54) is 0 Å². The molecule has 0 heterocycles. The number of hydrogen-bond acceptors (Lipinski definition) is 3. The van der Waals surface area contributed by atoms with Crippen LogP contribution in [0.1, 0.15) is 37.6 Å². The maximum atomic E-state index is 12.3.